The van der Waals surface area contributed by atoms with Crippen molar-refractivity contribution in [2.45, 2.75) is 31.2 Å². The van der Waals surface area contributed by atoms with E-state index in [0.717, 1.165) is 24.0 Å². The molecule has 0 aliphatic heterocycles. The Kier molecular flexibility index (Phi) is 6.66. The molecule has 0 spiro atoms. The molecule has 1 unspecified atom stereocenters. The quantitative estimate of drug-likeness (QED) is 0.613. The molecule has 0 radical (unpaired) electrons. The molecule has 0 fully saturated rings. The third-order valence-electron chi connectivity index (χ3n) is 5.15. The molecule has 4 N–H and O–H groups in total. The monoisotopic (exact) mass is 381 g/mol. The first-order valence-corrected chi connectivity index (χ1v) is 9.69. The standard InChI is InChI=1S/C22H27N3O3/c1-24-21(26)20(12-6-7-13-23)25-22(27)28-14-19-17-10-4-2-8-15(17)16-9-3-5-11-18(16)19/h2-5,8-11,19-20H,6-7,12-14,23H2,1H3,(H,24,26)(H,25,27). The lowest BCUT2D eigenvalue weighted by atomic mass is 9.98. The molecule has 28 heavy (non-hydrogen) atoms. The summed E-state index contributed by atoms with van der Waals surface area (Å²) in [5, 5.41) is 5.26. The summed E-state index contributed by atoms with van der Waals surface area (Å²) in [6, 6.07) is 15.7. The van der Waals surface area contributed by atoms with Crippen LogP contribution in [0.5, 0.6) is 0 Å². The minimum atomic E-state index is -0.618. The van der Waals surface area contributed by atoms with Gasteiger partial charge in [-0.15, -0.1) is 0 Å². The maximum atomic E-state index is 12.3. The number of unbranched alkanes of at least 4 members (excludes halogenated alkanes) is 1. The molecule has 1 atom stereocenters. The lowest BCUT2D eigenvalue weighted by Crippen LogP contribution is -2.46. The van der Waals surface area contributed by atoms with Gasteiger partial charge in [-0.25, -0.2) is 4.79 Å². The molecule has 1 aliphatic rings. The van der Waals surface area contributed by atoms with Crippen molar-refractivity contribution in [2.24, 2.45) is 5.73 Å². The van der Waals surface area contributed by atoms with Crippen LogP contribution in [-0.4, -0.2) is 38.2 Å². The molecule has 2 amide bonds. The van der Waals surface area contributed by atoms with E-state index in [0.29, 0.717) is 13.0 Å². The molecule has 1 aliphatic carbocycles. The van der Waals surface area contributed by atoms with Gasteiger partial charge in [-0.05, 0) is 48.1 Å². The fourth-order valence-electron chi connectivity index (χ4n) is 3.72. The first-order chi connectivity index (χ1) is 13.7. The second kappa shape index (κ2) is 9.37. The molecule has 0 heterocycles. The minimum Gasteiger partial charge on any atom is -0.449 e. The maximum Gasteiger partial charge on any atom is 0.407 e. The molecule has 0 bridgehead atoms. The molecule has 6 heteroatoms. The summed E-state index contributed by atoms with van der Waals surface area (Å²) in [6.07, 6.45) is 1.52. The normalized spacial score (nSPS) is 13.4. The molecule has 148 valence electrons. The van der Waals surface area contributed by atoms with Gasteiger partial charge in [0.1, 0.15) is 12.6 Å². The highest BCUT2D eigenvalue weighted by Crippen LogP contribution is 2.44. The van der Waals surface area contributed by atoms with E-state index < -0.39 is 12.1 Å². The third-order valence-corrected chi connectivity index (χ3v) is 5.15. The van der Waals surface area contributed by atoms with Crippen molar-refractivity contribution in [3.8, 4) is 11.1 Å². The van der Waals surface area contributed by atoms with Crippen LogP contribution in [-0.2, 0) is 9.53 Å². The van der Waals surface area contributed by atoms with Gasteiger partial charge in [-0.1, -0.05) is 48.5 Å². The van der Waals surface area contributed by atoms with Crippen molar-refractivity contribution in [2.75, 3.05) is 20.2 Å². The fourth-order valence-corrected chi connectivity index (χ4v) is 3.72. The summed E-state index contributed by atoms with van der Waals surface area (Å²) < 4.78 is 5.52. The van der Waals surface area contributed by atoms with Crippen LogP contribution in [0.25, 0.3) is 11.1 Å². The molecular weight excluding hydrogens is 354 g/mol. The number of amides is 2. The lowest BCUT2D eigenvalue weighted by molar-refractivity contribution is -0.122. The van der Waals surface area contributed by atoms with Gasteiger partial charge in [0.05, 0.1) is 0 Å². The van der Waals surface area contributed by atoms with Crippen molar-refractivity contribution in [1.82, 2.24) is 10.6 Å². The Morgan fingerprint density at radius 3 is 2.21 bits per heavy atom. The molecule has 0 saturated carbocycles. The van der Waals surface area contributed by atoms with Gasteiger partial charge < -0.3 is 21.1 Å². The second-order valence-corrected chi connectivity index (χ2v) is 6.92. The summed E-state index contributed by atoms with van der Waals surface area (Å²) in [4.78, 5) is 24.4. The van der Waals surface area contributed by atoms with E-state index in [4.69, 9.17) is 10.5 Å². The van der Waals surface area contributed by atoms with E-state index in [1.807, 2.05) is 24.3 Å². The van der Waals surface area contributed by atoms with Crippen LogP contribution in [0.1, 0.15) is 36.3 Å². The molecule has 2 aromatic carbocycles. The highest BCUT2D eigenvalue weighted by atomic mass is 16.5. The fraction of sp³-hybridized carbons (Fsp3) is 0.364. The number of ether oxygens (including phenoxy) is 1. The smallest absolute Gasteiger partial charge is 0.407 e. The predicted molar refractivity (Wildman–Crippen MR) is 109 cm³/mol. The topological polar surface area (TPSA) is 93.5 Å². The molecule has 0 aromatic heterocycles. The Labute approximate surface area is 165 Å². The van der Waals surface area contributed by atoms with Gasteiger partial charge in [0.25, 0.3) is 0 Å². The highest BCUT2D eigenvalue weighted by molar-refractivity contribution is 5.85. The number of hydrogen-bond acceptors (Lipinski definition) is 4. The number of benzene rings is 2. The van der Waals surface area contributed by atoms with Crippen molar-refractivity contribution in [3.63, 3.8) is 0 Å². The van der Waals surface area contributed by atoms with Gasteiger partial charge in [0, 0.05) is 13.0 Å². The number of carbonyl (C=O) groups excluding carboxylic acids is 2. The number of nitrogens with two attached hydrogens (primary N) is 1. The zero-order valence-corrected chi connectivity index (χ0v) is 16.1. The van der Waals surface area contributed by atoms with E-state index in [9.17, 15) is 9.59 Å². The SMILES string of the molecule is CNC(=O)C(CCCCN)NC(=O)OCC1c2ccccc2-c2ccccc21. The van der Waals surface area contributed by atoms with Gasteiger partial charge >= 0.3 is 6.09 Å². The van der Waals surface area contributed by atoms with Crippen LogP contribution in [0.3, 0.4) is 0 Å². The largest absolute Gasteiger partial charge is 0.449 e. The van der Waals surface area contributed by atoms with Gasteiger partial charge in [-0.2, -0.15) is 0 Å². The summed E-state index contributed by atoms with van der Waals surface area (Å²) in [6.45, 7) is 0.786. The summed E-state index contributed by atoms with van der Waals surface area (Å²) in [5.74, 6) is -0.237. The van der Waals surface area contributed by atoms with Gasteiger partial charge in [0.2, 0.25) is 5.91 Å². The summed E-state index contributed by atoms with van der Waals surface area (Å²) in [5.41, 5.74) is 10.2. The van der Waals surface area contributed by atoms with Crippen LogP contribution in [0.15, 0.2) is 48.5 Å². The van der Waals surface area contributed by atoms with E-state index >= 15 is 0 Å². The number of hydrogen-bond donors (Lipinski definition) is 3. The van der Waals surface area contributed by atoms with Crippen LogP contribution < -0.4 is 16.4 Å². The highest BCUT2D eigenvalue weighted by Gasteiger charge is 2.29. The second-order valence-electron chi connectivity index (χ2n) is 6.92. The Hall–Kier alpha value is -2.86. The van der Waals surface area contributed by atoms with E-state index in [-0.39, 0.29) is 18.4 Å². The van der Waals surface area contributed by atoms with Crippen molar-refractivity contribution < 1.29 is 14.3 Å². The van der Waals surface area contributed by atoms with E-state index in [2.05, 4.69) is 34.9 Å². The molecule has 2 aromatic rings. The van der Waals surface area contributed by atoms with Crippen LogP contribution in [0, 0.1) is 0 Å². The van der Waals surface area contributed by atoms with Crippen molar-refractivity contribution in [1.29, 1.82) is 0 Å². The molecule has 6 nitrogen and oxygen atoms in total. The molecule has 0 saturated heterocycles. The number of fused-ring (bicyclic) bond motifs is 3. The summed E-state index contributed by atoms with van der Waals surface area (Å²) >= 11 is 0. The average Bonchev–Trinajstić information content (AvgIpc) is 3.05. The predicted octanol–water partition coefficient (Wildman–Crippen LogP) is 2.77. The van der Waals surface area contributed by atoms with E-state index in [1.54, 1.807) is 7.05 Å². The zero-order valence-electron chi connectivity index (χ0n) is 16.1. The summed E-state index contributed by atoms with van der Waals surface area (Å²) in [7, 11) is 1.55. The molecular formula is C22H27N3O3. The number of nitrogens with one attached hydrogen (secondary N) is 2. The Morgan fingerprint density at radius 1 is 1.04 bits per heavy atom. The first kappa shape index (κ1) is 19.9. The minimum absolute atomic E-state index is 0.00570. The van der Waals surface area contributed by atoms with E-state index in [1.165, 1.54) is 11.1 Å². The Bertz CT molecular complexity index is 792. The van der Waals surface area contributed by atoms with Gasteiger partial charge in [0.15, 0.2) is 0 Å². The number of alkyl carbamates (subject to hydrolysis) is 1. The van der Waals surface area contributed by atoms with Crippen LogP contribution in [0.4, 0.5) is 4.79 Å². The first-order valence-electron chi connectivity index (χ1n) is 9.69. The number of likely N-dealkylation sites (N-methyl/N-ethyl adjacent to an activating group) is 1. The molecule has 3 rings (SSSR count). The number of rotatable bonds is 8. The number of carbonyl (C=O) groups is 2. The third kappa shape index (κ3) is 4.34. The maximum absolute atomic E-state index is 12.3. The Balaban J connectivity index is 1.64. The Morgan fingerprint density at radius 2 is 1.64 bits per heavy atom. The van der Waals surface area contributed by atoms with Crippen molar-refractivity contribution in [3.05, 3.63) is 59.7 Å². The zero-order chi connectivity index (χ0) is 19.9. The van der Waals surface area contributed by atoms with Crippen LogP contribution in [0.2, 0.25) is 0 Å². The lowest BCUT2D eigenvalue weighted by Gasteiger charge is -2.19. The van der Waals surface area contributed by atoms with Crippen molar-refractivity contribution >= 4 is 12.0 Å². The van der Waals surface area contributed by atoms with Gasteiger partial charge in [-0.3, -0.25) is 4.79 Å². The average molecular weight is 381 g/mol. The van der Waals surface area contributed by atoms with Crippen LogP contribution >= 0.6 is 0 Å².